The van der Waals surface area contributed by atoms with Gasteiger partial charge in [0.1, 0.15) is 11.7 Å². The van der Waals surface area contributed by atoms with Crippen LogP contribution in [0.5, 0.6) is 0 Å². The third kappa shape index (κ3) is 1.69. The van der Waals surface area contributed by atoms with E-state index in [4.69, 9.17) is 17.4 Å². The lowest BCUT2D eigenvalue weighted by Gasteiger charge is -2.17. The van der Waals surface area contributed by atoms with E-state index in [1.807, 2.05) is 0 Å². The summed E-state index contributed by atoms with van der Waals surface area (Å²) in [6.45, 7) is 0.0440. The van der Waals surface area contributed by atoms with Crippen molar-refractivity contribution in [2.75, 3.05) is 6.54 Å². The SMILES string of the molecule is NN1CC([N+](=O)[O-])=CC=C1Cl. The minimum absolute atomic E-state index is 0.0388. The Morgan fingerprint density at radius 3 is 2.82 bits per heavy atom. The molecule has 1 heterocycles. The third-order valence-corrected chi connectivity index (χ3v) is 1.60. The third-order valence-electron chi connectivity index (χ3n) is 1.25. The summed E-state index contributed by atoms with van der Waals surface area (Å²) in [5.74, 6) is 5.29. The van der Waals surface area contributed by atoms with Gasteiger partial charge in [-0.05, 0) is 6.08 Å². The van der Waals surface area contributed by atoms with E-state index in [9.17, 15) is 10.1 Å². The fourth-order valence-electron chi connectivity index (χ4n) is 0.682. The summed E-state index contributed by atoms with van der Waals surface area (Å²) in [7, 11) is 0. The lowest BCUT2D eigenvalue weighted by molar-refractivity contribution is -0.428. The molecule has 60 valence electrons. The summed E-state index contributed by atoms with van der Waals surface area (Å²) in [5.41, 5.74) is 0.0388. The van der Waals surface area contributed by atoms with Crippen LogP contribution in [0.4, 0.5) is 0 Å². The van der Waals surface area contributed by atoms with Gasteiger partial charge in [-0.15, -0.1) is 0 Å². The molecule has 0 amide bonds. The van der Waals surface area contributed by atoms with Crippen LogP contribution in [0.25, 0.3) is 0 Å². The van der Waals surface area contributed by atoms with Crippen molar-refractivity contribution in [1.82, 2.24) is 5.01 Å². The number of allylic oxidation sites excluding steroid dienone is 2. The zero-order valence-electron chi connectivity index (χ0n) is 5.53. The van der Waals surface area contributed by atoms with Crippen LogP contribution in [0.3, 0.4) is 0 Å². The van der Waals surface area contributed by atoms with E-state index in [1.165, 1.54) is 12.2 Å². The van der Waals surface area contributed by atoms with E-state index >= 15 is 0 Å². The highest BCUT2D eigenvalue weighted by molar-refractivity contribution is 6.29. The molecule has 0 aliphatic carbocycles. The van der Waals surface area contributed by atoms with Crippen molar-refractivity contribution in [3.63, 3.8) is 0 Å². The second kappa shape index (κ2) is 2.89. The lowest BCUT2D eigenvalue weighted by Crippen LogP contribution is -2.33. The first-order chi connectivity index (χ1) is 5.11. The molecule has 1 aliphatic heterocycles. The maximum absolute atomic E-state index is 10.2. The normalized spacial score (nSPS) is 17.5. The molecule has 0 fully saturated rings. The Morgan fingerprint density at radius 2 is 2.36 bits per heavy atom. The molecule has 0 radical (unpaired) electrons. The molecule has 2 N–H and O–H groups in total. The number of halogens is 1. The quantitative estimate of drug-likeness (QED) is 0.271. The van der Waals surface area contributed by atoms with Gasteiger partial charge >= 0.3 is 0 Å². The lowest BCUT2D eigenvalue weighted by atomic mass is 10.3. The van der Waals surface area contributed by atoms with Gasteiger partial charge in [0.25, 0.3) is 5.70 Å². The molecular formula is C5H6ClN3O2. The number of hydrazine groups is 1. The van der Waals surface area contributed by atoms with Crippen LogP contribution < -0.4 is 5.84 Å². The number of hydrogen-bond donors (Lipinski definition) is 1. The van der Waals surface area contributed by atoms with Gasteiger partial charge < -0.3 is 0 Å². The van der Waals surface area contributed by atoms with Crippen molar-refractivity contribution in [2.24, 2.45) is 5.84 Å². The van der Waals surface area contributed by atoms with E-state index < -0.39 is 4.92 Å². The highest BCUT2D eigenvalue weighted by Gasteiger charge is 2.18. The minimum Gasteiger partial charge on any atom is -0.290 e. The number of nitrogens with zero attached hydrogens (tertiary/aromatic N) is 2. The van der Waals surface area contributed by atoms with Crippen molar-refractivity contribution < 1.29 is 4.92 Å². The van der Waals surface area contributed by atoms with Crippen LogP contribution in [0.1, 0.15) is 0 Å². The molecule has 0 aromatic carbocycles. The molecule has 0 atom stereocenters. The van der Waals surface area contributed by atoms with Crippen molar-refractivity contribution in [2.45, 2.75) is 0 Å². The number of nitro groups is 1. The van der Waals surface area contributed by atoms with Gasteiger partial charge in [-0.1, -0.05) is 11.6 Å². The summed E-state index contributed by atoms with van der Waals surface area (Å²) in [4.78, 5) is 9.70. The minimum atomic E-state index is -0.486. The molecule has 11 heavy (non-hydrogen) atoms. The Balaban J connectivity index is 2.82. The van der Waals surface area contributed by atoms with Crippen LogP contribution >= 0.6 is 11.6 Å². The van der Waals surface area contributed by atoms with Gasteiger partial charge in [-0.25, -0.2) is 5.84 Å². The average molecular weight is 176 g/mol. The van der Waals surface area contributed by atoms with Crippen LogP contribution in [-0.4, -0.2) is 16.5 Å². The smallest absolute Gasteiger partial charge is 0.267 e. The maximum Gasteiger partial charge on any atom is 0.267 e. The first-order valence-electron chi connectivity index (χ1n) is 2.84. The van der Waals surface area contributed by atoms with E-state index in [0.29, 0.717) is 5.16 Å². The molecule has 1 rings (SSSR count). The van der Waals surface area contributed by atoms with Crippen LogP contribution in [0.2, 0.25) is 0 Å². The van der Waals surface area contributed by atoms with Gasteiger partial charge in [0.2, 0.25) is 0 Å². The summed E-state index contributed by atoms with van der Waals surface area (Å²) in [6, 6.07) is 0. The highest BCUT2D eigenvalue weighted by Crippen LogP contribution is 2.13. The monoisotopic (exact) mass is 175 g/mol. The zero-order valence-corrected chi connectivity index (χ0v) is 6.28. The Bertz CT molecular complexity index is 248. The summed E-state index contributed by atoms with van der Waals surface area (Å²) < 4.78 is 0. The zero-order chi connectivity index (χ0) is 8.43. The molecule has 5 nitrogen and oxygen atoms in total. The summed E-state index contributed by atoms with van der Waals surface area (Å²) in [5, 5.41) is 11.6. The van der Waals surface area contributed by atoms with Gasteiger partial charge in [0.15, 0.2) is 0 Å². The first kappa shape index (κ1) is 8.03. The average Bonchev–Trinajstić information content (AvgIpc) is 1.94. The topological polar surface area (TPSA) is 72.4 Å². The summed E-state index contributed by atoms with van der Waals surface area (Å²) >= 11 is 5.53. The maximum atomic E-state index is 10.2. The van der Waals surface area contributed by atoms with Crippen LogP contribution in [0.15, 0.2) is 23.0 Å². The Morgan fingerprint density at radius 1 is 1.73 bits per heavy atom. The Labute approximate surface area is 67.8 Å². The summed E-state index contributed by atoms with van der Waals surface area (Å²) in [6.07, 6.45) is 2.73. The molecule has 0 saturated heterocycles. The highest BCUT2D eigenvalue weighted by atomic mass is 35.5. The molecule has 0 saturated carbocycles. The van der Waals surface area contributed by atoms with E-state index in [0.717, 1.165) is 5.01 Å². The number of nitrogens with two attached hydrogens (primary N) is 1. The van der Waals surface area contributed by atoms with Crippen molar-refractivity contribution in [3.05, 3.63) is 33.1 Å². The molecule has 0 aromatic rings. The second-order valence-corrected chi connectivity index (χ2v) is 2.42. The fraction of sp³-hybridized carbons (Fsp3) is 0.200. The second-order valence-electron chi connectivity index (χ2n) is 2.03. The predicted molar refractivity (Wildman–Crippen MR) is 39.9 cm³/mol. The molecular weight excluding hydrogens is 170 g/mol. The Kier molecular flexibility index (Phi) is 2.11. The van der Waals surface area contributed by atoms with Crippen molar-refractivity contribution >= 4 is 11.6 Å². The molecule has 0 bridgehead atoms. The number of hydrogen-bond acceptors (Lipinski definition) is 4. The van der Waals surface area contributed by atoms with Crippen molar-refractivity contribution in [1.29, 1.82) is 0 Å². The van der Waals surface area contributed by atoms with Gasteiger partial charge in [0.05, 0.1) is 4.92 Å². The van der Waals surface area contributed by atoms with Gasteiger partial charge in [0, 0.05) is 6.08 Å². The van der Waals surface area contributed by atoms with Crippen molar-refractivity contribution in [3.8, 4) is 0 Å². The van der Waals surface area contributed by atoms with E-state index in [1.54, 1.807) is 0 Å². The molecule has 6 heteroatoms. The number of rotatable bonds is 1. The molecule has 0 spiro atoms. The van der Waals surface area contributed by atoms with Gasteiger partial charge in [-0.2, -0.15) is 0 Å². The molecule has 1 aliphatic rings. The van der Waals surface area contributed by atoms with E-state index in [-0.39, 0.29) is 12.2 Å². The predicted octanol–water partition coefficient (Wildman–Crippen LogP) is 0.417. The van der Waals surface area contributed by atoms with E-state index in [2.05, 4.69) is 0 Å². The van der Waals surface area contributed by atoms with Crippen LogP contribution in [-0.2, 0) is 0 Å². The molecule has 0 aromatic heterocycles. The Hall–Kier alpha value is -1.07. The first-order valence-corrected chi connectivity index (χ1v) is 3.22. The largest absolute Gasteiger partial charge is 0.290 e. The molecule has 0 unspecified atom stereocenters. The standard InChI is InChI=1S/C5H6ClN3O2/c6-5-2-1-4(9(10)11)3-8(5)7/h1-2H,3,7H2. The van der Waals surface area contributed by atoms with Crippen LogP contribution in [0, 0.1) is 10.1 Å². The van der Waals surface area contributed by atoms with Gasteiger partial charge in [-0.3, -0.25) is 15.1 Å². The fourth-order valence-corrected chi connectivity index (χ4v) is 0.805.